The molecule has 0 aliphatic rings. The number of hydrogen-bond donors (Lipinski definition) is 1. The van der Waals surface area contributed by atoms with Crippen molar-refractivity contribution >= 4 is 23.2 Å². The number of benzene rings is 1. The van der Waals surface area contributed by atoms with Crippen LogP contribution in [0.25, 0.3) is 0 Å². The lowest BCUT2D eigenvalue weighted by Gasteiger charge is -2.11. The summed E-state index contributed by atoms with van der Waals surface area (Å²) in [5, 5.41) is 2.90. The largest absolute Gasteiger partial charge is 0.452 e. The zero-order valence-electron chi connectivity index (χ0n) is 10.8. The SMILES string of the molecule is CN(C)Cc1cccc(NC(=O)c2ccoc2Cl)c1. The van der Waals surface area contributed by atoms with E-state index in [0.29, 0.717) is 5.56 Å². The Balaban J connectivity index is 2.11. The van der Waals surface area contributed by atoms with Gasteiger partial charge >= 0.3 is 0 Å². The second kappa shape index (κ2) is 5.91. The van der Waals surface area contributed by atoms with E-state index in [0.717, 1.165) is 17.8 Å². The average Bonchev–Trinajstić information content (AvgIpc) is 2.75. The van der Waals surface area contributed by atoms with Crippen molar-refractivity contribution in [2.75, 3.05) is 19.4 Å². The molecule has 0 radical (unpaired) electrons. The summed E-state index contributed by atoms with van der Waals surface area (Å²) in [7, 11) is 3.99. The topological polar surface area (TPSA) is 45.5 Å². The van der Waals surface area contributed by atoms with Gasteiger partial charge in [0.2, 0.25) is 5.22 Å². The Bertz CT molecular complexity index is 578. The van der Waals surface area contributed by atoms with Crippen molar-refractivity contribution in [2.45, 2.75) is 6.54 Å². The molecule has 100 valence electrons. The molecule has 4 nitrogen and oxygen atoms in total. The minimum atomic E-state index is -0.277. The van der Waals surface area contributed by atoms with Crippen LogP contribution in [0.5, 0.6) is 0 Å². The predicted molar refractivity (Wildman–Crippen MR) is 75.5 cm³/mol. The maximum absolute atomic E-state index is 12.0. The number of halogens is 1. The molecule has 0 saturated heterocycles. The number of amides is 1. The molecule has 1 heterocycles. The maximum atomic E-state index is 12.0. The van der Waals surface area contributed by atoms with E-state index >= 15 is 0 Å². The third kappa shape index (κ3) is 3.59. The summed E-state index contributed by atoms with van der Waals surface area (Å²) >= 11 is 5.77. The molecule has 1 aromatic heterocycles. The Morgan fingerprint density at radius 2 is 2.16 bits per heavy atom. The smallest absolute Gasteiger partial charge is 0.260 e. The molecule has 1 N–H and O–H groups in total. The van der Waals surface area contributed by atoms with Crippen molar-refractivity contribution < 1.29 is 9.21 Å². The molecule has 2 aromatic rings. The fourth-order valence-corrected chi connectivity index (χ4v) is 1.97. The van der Waals surface area contributed by atoms with Crippen LogP contribution >= 0.6 is 11.6 Å². The van der Waals surface area contributed by atoms with Gasteiger partial charge in [-0.1, -0.05) is 12.1 Å². The van der Waals surface area contributed by atoms with Crippen LogP contribution < -0.4 is 5.32 Å². The van der Waals surface area contributed by atoms with Gasteiger partial charge in [0, 0.05) is 12.2 Å². The standard InChI is InChI=1S/C14H15ClN2O2/c1-17(2)9-10-4-3-5-11(8-10)16-14(18)12-6-7-19-13(12)15/h3-8H,9H2,1-2H3,(H,16,18). The summed E-state index contributed by atoms with van der Waals surface area (Å²) < 4.78 is 4.90. The highest BCUT2D eigenvalue weighted by Gasteiger charge is 2.13. The normalized spacial score (nSPS) is 10.7. The van der Waals surface area contributed by atoms with Crippen LogP contribution in [0.4, 0.5) is 5.69 Å². The average molecular weight is 279 g/mol. The molecule has 2 rings (SSSR count). The minimum Gasteiger partial charge on any atom is -0.452 e. The molecular formula is C14H15ClN2O2. The first kappa shape index (κ1) is 13.6. The van der Waals surface area contributed by atoms with Crippen LogP contribution in [0.2, 0.25) is 5.22 Å². The lowest BCUT2D eigenvalue weighted by molar-refractivity contribution is 0.102. The summed E-state index contributed by atoms with van der Waals surface area (Å²) in [5.41, 5.74) is 2.20. The van der Waals surface area contributed by atoms with Gasteiger partial charge in [-0.3, -0.25) is 4.79 Å². The van der Waals surface area contributed by atoms with E-state index < -0.39 is 0 Å². The number of furan rings is 1. The molecule has 1 amide bonds. The first-order valence-corrected chi connectivity index (χ1v) is 6.22. The van der Waals surface area contributed by atoms with Gasteiger partial charge in [-0.05, 0) is 49.5 Å². The van der Waals surface area contributed by atoms with Gasteiger partial charge in [0.25, 0.3) is 5.91 Å². The minimum absolute atomic E-state index is 0.0990. The first-order valence-electron chi connectivity index (χ1n) is 5.84. The molecule has 19 heavy (non-hydrogen) atoms. The summed E-state index contributed by atoms with van der Waals surface area (Å²) in [5.74, 6) is -0.277. The lowest BCUT2D eigenvalue weighted by Crippen LogP contribution is -2.13. The summed E-state index contributed by atoms with van der Waals surface area (Å²) in [6.07, 6.45) is 1.39. The Hall–Kier alpha value is -1.78. The number of rotatable bonds is 4. The van der Waals surface area contributed by atoms with Gasteiger partial charge in [-0.25, -0.2) is 0 Å². The van der Waals surface area contributed by atoms with Crippen LogP contribution in [-0.4, -0.2) is 24.9 Å². The van der Waals surface area contributed by atoms with E-state index in [9.17, 15) is 4.79 Å². The zero-order chi connectivity index (χ0) is 13.8. The van der Waals surface area contributed by atoms with Crippen molar-refractivity contribution in [2.24, 2.45) is 0 Å². The molecule has 0 unspecified atom stereocenters. The molecule has 1 aromatic carbocycles. The fraction of sp³-hybridized carbons (Fsp3) is 0.214. The maximum Gasteiger partial charge on any atom is 0.260 e. The monoisotopic (exact) mass is 278 g/mol. The highest BCUT2D eigenvalue weighted by atomic mass is 35.5. The van der Waals surface area contributed by atoms with Gasteiger partial charge in [0.1, 0.15) is 0 Å². The zero-order valence-corrected chi connectivity index (χ0v) is 11.6. The first-order chi connectivity index (χ1) is 9.06. The second-order valence-corrected chi connectivity index (χ2v) is 4.84. The fourth-order valence-electron chi connectivity index (χ4n) is 1.77. The van der Waals surface area contributed by atoms with Gasteiger partial charge in [-0.15, -0.1) is 0 Å². The Morgan fingerprint density at radius 1 is 1.37 bits per heavy atom. The van der Waals surface area contributed by atoms with Crippen LogP contribution in [0.3, 0.4) is 0 Å². The highest BCUT2D eigenvalue weighted by molar-refractivity contribution is 6.32. The van der Waals surface area contributed by atoms with Gasteiger partial charge in [-0.2, -0.15) is 0 Å². The van der Waals surface area contributed by atoms with E-state index in [4.69, 9.17) is 16.0 Å². The summed E-state index contributed by atoms with van der Waals surface area (Å²) in [6, 6.07) is 9.24. The Morgan fingerprint density at radius 3 is 2.79 bits per heavy atom. The van der Waals surface area contributed by atoms with Crippen LogP contribution in [-0.2, 0) is 6.54 Å². The van der Waals surface area contributed by atoms with Gasteiger partial charge < -0.3 is 14.6 Å². The molecule has 0 spiro atoms. The molecular weight excluding hydrogens is 264 g/mol. The quantitative estimate of drug-likeness (QED) is 0.934. The second-order valence-electron chi connectivity index (χ2n) is 4.50. The Labute approximate surface area is 117 Å². The highest BCUT2D eigenvalue weighted by Crippen LogP contribution is 2.19. The number of carbonyl (C=O) groups is 1. The molecule has 0 bridgehead atoms. The van der Waals surface area contributed by atoms with Gasteiger partial charge in [0.05, 0.1) is 11.8 Å². The van der Waals surface area contributed by atoms with Crippen LogP contribution in [0.15, 0.2) is 41.0 Å². The van der Waals surface area contributed by atoms with Crippen molar-refractivity contribution in [1.29, 1.82) is 0 Å². The third-order valence-electron chi connectivity index (χ3n) is 2.55. The lowest BCUT2D eigenvalue weighted by atomic mass is 10.2. The molecule has 0 aliphatic carbocycles. The third-order valence-corrected chi connectivity index (χ3v) is 2.84. The van der Waals surface area contributed by atoms with Crippen LogP contribution in [0.1, 0.15) is 15.9 Å². The number of anilines is 1. The summed E-state index contributed by atoms with van der Waals surface area (Å²) in [4.78, 5) is 14.0. The van der Waals surface area contributed by atoms with E-state index in [2.05, 4.69) is 10.2 Å². The molecule has 0 atom stereocenters. The molecule has 5 heteroatoms. The van der Waals surface area contributed by atoms with E-state index in [1.807, 2.05) is 38.4 Å². The molecule has 0 saturated carbocycles. The predicted octanol–water partition coefficient (Wildman–Crippen LogP) is 3.25. The summed E-state index contributed by atoms with van der Waals surface area (Å²) in [6.45, 7) is 0.816. The number of nitrogens with zero attached hydrogens (tertiary/aromatic N) is 1. The van der Waals surface area contributed by atoms with E-state index in [1.165, 1.54) is 6.26 Å². The number of hydrogen-bond acceptors (Lipinski definition) is 3. The van der Waals surface area contributed by atoms with Gasteiger partial charge in [0.15, 0.2) is 0 Å². The van der Waals surface area contributed by atoms with E-state index in [-0.39, 0.29) is 11.1 Å². The van der Waals surface area contributed by atoms with Crippen molar-refractivity contribution in [1.82, 2.24) is 4.90 Å². The molecule has 0 aliphatic heterocycles. The number of carbonyl (C=O) groups excluding carboxylic acids is 1. The Kier molecular flexibility index (Phi) is 4.24. The molecule has 0 fully saturated rings. The number of nitrogens with one attached hydrogen (secondary N) is 1. The van der Waals surface area contributed by atoms with Crippen molar-refractivity contribution in [3.8, 4) is 0 Å². The van der Waals surface area contributed by atoms with Crippen LogP contribution in [0, 0.1) is 0 Å². The van der Waals surface area contributed by atoms with Crippen molar-refractivity contribution in [3.63, 3.8) is 0 Å². The van der Waals surface area contributed by atoms with E-state index in [1.54, 1.807) is 6.07 Å². The van der Waals surface area contributed by atoms with Crippen molar-refractivity contribution in [3.05, 3.63) is 52.9 Å².